The van der Waals surface area contributed by atoms with Crippen LogP contribution in [0, 0.1) is 6.92 Å². The zero-order valence-electron chi connectivity index (χ0n) is 16.9. The van der Waals surface area contributed by atoms with Crippen molar-refractivity contribution in [1.82, 2.24) is 4.57 Å². The Morgan fingerprint density at radius 2 is 1.39 bits per heavy atom. The van der Waals surface area contributed by atoms with Crippen molar-refractivity contribution in [3.05, 3.63) is 64.1 Å². The number of pyridine rings is 1. The lowest BCUT2D eigenvalue weighted by Gasteiger charge is -2.08. The second-order valence-electron chi connectivity index (χ2n) is 6.51. The predicted molar refractivity (Wildman–Crippen MR) is 109 cm³/mol. The quantitative estimate of drug-likeness (QED) is 0.465. The van der Waals surface area contributed by atoms with Crippen LogP contribution in [0.2, 0.25) is 0 Å². The highest BCUT2D eigenvalue weighted by molar-refractivity contribution is 5.35. The van der Waals surface area contributed by atoms with Gasteiger partial charge in [-0.3, -0.25) is 9.36 Å². The minimum atomic E-state index is -0.0180. The summed E-state index contributed by atoms with van der Waals surface area (Å²) in [4.78, 5) is 12.0. The third kappa shape index (κ3) is 8.35. The normalized spacial score (nSPS) is 11.1. The Hall–Kier alpha value is -1.99. The van der Waals surface area contributed by atoms with E-state index in [0.29, 0.717) is 46.2 Å². The molecule has 0 N–H and O–H groups in total. The molecule has 1 aromatic carbocycles. The van der Waals surface area contributed by atoms with E-state index in [2.05, 4.69) is 12.1 Å². The van der Waals surface area contributed by atoms with E-state index in [9.17, 15) is 4.79 Å². The Labute approximate surface area is 167 Å². The molecule has 0 spiro atoms. The van der Waals surface area contributed by atoms with Crippen molar-refractivity contribution in [2.75, 3.05) is 53.4 Å². The second-order valence-corrected chi connectivity index (χ2v) is 6.51. The molecule has 0 radical (unpaired) electrons. The molecule has 0 amide bonds. The molecule has 154 valence electrons. The molecule has 1 aromatic heterocycles. The number of ether oxygens (including phenoxy) is 4. The van der Waals surface area contributed by atoms with Gasteiger partial charge >= 0.3 is 0 Å². The van der Waals surface area contributed by atoms with Crippen LogP contribution in [0.3, 0.4) is 0 Å². The molecule has 0 saturated carbocycles. The van der Waals surface area contributed by atoms with Gasteiger partial charge in [0.1, 0.15) is 0 Å². The number of aryl methyl sites for hydroxylation is 2. The summed E-state index contributed by atoms with van der Waals surface area (Å²) in [7, 11) is 1.65. The van der Waals surface area contributed by atoms with Gasteiger partial charge in [0.05, 0.1) is 39.6 Å². The summed E-state index contributed by atoms with van der Waals surface area (Å²) in [5.74, 6) is 0. The Balaban J connectivity index is 1.56. The van der Waals surface area contributed by atoms with Gasteiger partial charge in [-0.05, 0) is 43.0 Å². The monoisotopic (exact) mass is 389 g/mol. The van der Waals surface area contributed by atoms with Crippen molar-refractivity contribution in [3.8, 4) is 5.69 Å². The molecule has 0 aliphatic carbocycles. The summed E-state index contributed by atoms with van der Waals surface area (Å²) >= 11 is 0. The summed E-state index contributed by atoms with van der Waals surface area (Å²) in [6.07, 6.45) is 3.75. The standard InChI is InChI=1S/C22H31NO5/c1-19-5-10-22(24)23(18-19)21-8-6-20(7-9-21)4-3-11-26-14-15-28-17-16-27-13-12-25-2/h5-10,18H,3-4,11-17H2,1-2H3. The van der Waals surface area contributed by atoms with E-state index in [4.69, 9.17) is 18.9 Å². The molecule has 0 saturated heterocycles. The van der Waals surface area contributed by atoms with Gasteiger partial charge in [-0.25, -0.2) is 0 Å². The molecule has 2 rings (SSSR count). The molecular weight excluding hydrogens is 358 g/mol. The Kier molecular flexibility index (Phi) is 10.5. The molecule has 6 nitrogen and oxygen atoms in total. The van der Waals surface area contributed by atoms with Gasteiger partial charge in [-0.2, -0.15) is 0 Å². The van der Waals surface area contributed by atoms with Crippen molar-refractivity contribution in [2.24, 2.45) is 0 Å². The second kappa shape index (κ2) is 13.2. The van der Waals surface area contributed by atoms with Gasteiger partial charge in [-0.15, -0.1) is 0 Å². The molecule has 0 aliphatic rings. The van der Waals surface area contributed by atoms with Crippen molar-refractivity contribution < 1.29 is 18.9 Å². The number of methoxy groups -OCH3 is 1. The van der Waals surface area contributed by atoms with Crippen LogP contribution in [-0.2, 0) is 25.4 Å². The maximum absolute atomic E-state index is 12.0. The first kappa shape index (κ1) is 22.3. The maximum Gasteiger partial charge on any atom is 0.255 e. The number of hydrogen-bond donors (Lipinski definition) is 0. The van der Waals surface area contributed by atoms with Gasteiger partial charge in [0.15, 0.2) is 0 Å². The van der Waals surface area contributed by atoms with E-state index >= 15 is 0 Å². The third-order valence-electron chi connectivity index (χ3n) is 4.20. The topological polar surface area (TPSA) is 58.9 Å². The molecule has 2 aromatic rings. The number of benzene rings is 1. The van der Waals surface area contributed by atoms with Crippen LogP contribution in [0.5, 0.6) is 0 Å². The highest BCUT2D eigenvalue weighted by Gasteiger charge is 2.01. The number of rotatable bonds is 14. The van der Waals surface area contributed by atoms with E-state index in [-0.39, 0.29) is 5.56 Å². The van der Waals surface area contributed by atoms with Crippen LogP contribution in [-0.4, -0.2) is 57.9 Å². The lowest BCUT2D eigenvalue weighted by Crippen LogP contribution is -2.16. The fourth-order valence-electron chi connectivity index (χ4n) is 2.68. The van der Waals surface area contributed by atoms with Gasteiger partial charge in [0.2, 0.25) is 0 Å². The number of aromatic nitrogens is 1. The lowest BCUT2D eigenvalue weighted by molar-refractivity contribution is 0.00344. The van der Waals surface area contributed by atoms with Crippen LogP contribution in [0.1, 0.15) is 17.5 Å². The van der Waals surface area contributed by atoms with Crippen LogP contribution in [0.15, 0.2) is 47.4 Å². The summed E-state index contributed by atoms with van der Waals surface area (Å²) in [6.45, 7) is 6.20. The summed E-state index contributed by atoms with van der Waals surface area (Å²) in [6, 6.07) is 11.5. The van der Waals surface area contributed by atoms with Crippen molar-refractivity contribution >= 4 is 0 Å². The van der Waals surface area contributed by atoms with Crippen molar-refractivity contribution in [1.29, 1.82) is 0 Å². The average Bonchev–Trinajstić information content (AvgIpc) is 2.71. The zero-order valence-corrected chi connectivity index (χ0v) is 16.9. The van der Waals surface area contributed by atoms with E-state index in [1.54, 1.807) is 17.7 Å². The molecular formula is C22H31NO5. The van der Waals surface area contributed by atoms with Crippen molar-refractivity contribution in [3.63, 3.8) is 0 Å². The minimum absolute atomic E-state index is 0.0180. The fraction of sp³-hybridized carbons (Fsp3) is 0.500. The van der Waals surface area contributed by atoms with Crippen molar-refractivity contribution in [2.45, 2.75) is 19.8 Å². The summed E-state index contributed by atoms with van der Waals surface area (Å²) in [5, 5.41) is 0. The van der Waals surface area contributed by atoms with Gasteiger partial charge in [-0.1, -0.05) is 18.2 Å². The highest BCUT2D eigenvalue weighted by Crippen LogP contribution is 2.10. The largest absolute Gasteiger partial charge is 0.382 e. The number of hydrogen-bond acceptors (Lipinski definition) is 5. The Morgan fingerprint density at radius 3 is 2.04 bits per heavy atom. The summed E-state index contributed by atoms with van der Waals surface area (Å²) < 4.78 is 22.9. The SMILES string of the molecule is COCCOCCOCCOCCCc1ccc(-n2cc(C)ccc2=O)cc1. The molecule has 0 unspecified atom stereocenters. The maximum atomic E-state index is 12.0. The Morgan fingerprint density at radius 1 is 0.786 bits per heavy atom. The van der Waals surface area contributed by atoms with E-state index in [0.717, 1.165) is 24.1 Å². The highest BCUT2D eigenvalue weighted by atomic mass is 16.6. The third-order valence-corrected chi connectivity index (χ3v) is 4.20. The van der Waals surface area contributed by atoms with Gasteiger partial charge in [0, 0.05) is 31.7 Å². The van der Waals surface area contributed by atoms with Crippen LogP contribution >= 0.6 is 0 Å². The molecule has 6 heteroatoms. The van der Waals surface area contributed by atoms with E-state index in [1.165, 1.54) is 5.56 Å². The number of nitrogens with zero attached hydrogens (tertiary/aromatic N) is 1. The van der Waals surface area contributed by atoms with E-state index in [1.807, 2.05) is 31.3 Å². The molecule has 0 fully saturated rings. The minimum Gasteiger partial charge on any atom is -0.382 e. The molecule has 0 atom stereocenters. The van der Waals surface area contributed by atoms with Crippen LogP contribution in [0.25, 0.3) is 5.69 Å². The first-order chi connectivity index (χ1) is 13.7. The van der Waals surface area contributed by atoms with E-state index < -0.39 is 0 Å². The van der Waals surface area contributed by atoms with Gasteiger partial charge in [0.25, 0.3) is 5.56 Å². The first-order valence-corrected chi connectivity index (χ1v) is 9.71. The van der Waals surface area contributed by atoms with Gasteiger partial charge < -0.3 is 18.9 Å². The molecule has 1 heterocycles. The van der Waals surface area contributed by atoms with Crippen LogP contribution in [0.4, 0.5) is 0 Å². The smallest absolute Gasteiger partial charge is 0.255 e. The molecule has 0 bridgehead atoms. The van der Waals surface area contributed by atoms with Crippen LogP contribution < -0.4 is 5.56 Å². The average molecular weight is 389 g/mol. The molecule has 28 heavy (non-hydrogen) atoms. The first-order valence-electron chi connectivity index (χ1n) is 9.71. The zero-order chi connectivity index (χ0) is 20.0. The Bertz CT molecular complexity index is 726. The fourth-order valence-corrected chi connectivity index (χ4v) is 2.68. The molecule has 0 aliphatic heterocycles. The predicted octanol–water partition coefficient (Wildman–Crippen LogP) is 2.77. The summed E-state index contributed by atoms with van der Waals surface area (Å²) in [5.41, 5.74) is 3.16. The lowest BCUT2D eigenvalue weighted by atomic mass is 10.1.